The fourth-order valence-corrected chi connectivity index (χ4v) is 2.85. The highest BCUT2D eigenvalue weighted by Gasteiger charge is 2.32. The minimum absolute atomic E-state index is 0.207. The predicted octanol–water partition coefficient (Wildman–Crippen LogP) is 2.70. The van der Waals surface area contributed by atoms with Gasteiger partial charge in [0.05, 0.1) is 7.11 Å². The van der Waals surface area contributed by atoms with Gasteiger partial charge in [0.2, 0.25) is 0 Å². The molecule has 0 heterocycles. The van der Waals surface area contributed by atoms with Crippen LogP contribution in [0.25, 0.3) is 0 Å². The Balaban J connectivity index is 2.01. The van der Waals surface area contributed by atoms with Crippen LogP contribution >= 0.6 is 15.9 Å². The number of hydrogen-bond acceptors (Lipinski definition) is 3. The zero-order chi connectivity index (χ0) is 13.1. The average Bonchev–Trinajstić information content (AvgIpc) is 3.07. The maximum Gasteiger partial charge on any atom is 0.120 e. The van der Waals surface area contributed by atoms with E-state index in [2.05, 4.69) is 34.2 Å². The number of nitrogens with two attached hydrogens (primary N) is 1. The van der Waals surface area contributed by atoms with E-state index in [1.54, 1.807) is 7.11 Å². The second kappa shape index (κ2) is 6.04. The van der Waals surface area contributed by atoms with Crippen molar-refractivity contribution in [3.05, 3.63) is 28.2 Å². The molecule has 1 aliphatic rings. The Morgan fingerprint density at radius 2 is 2.28 bits per heavy atom. The number of methoxy groups -OCH3 is 1. The molecule has 0 aliphatic heterocycles. The Morgan fingerprint density at radius 3 is 2.78 bits per heavy atom. The SMILES string of the molecule is COc1ccc(C(CN)NCC2CC2C)c(Br)c1. The van der Waals surface area contributed by atoms with Crippen molar-refractivity contribution in [2.75, 3.05) is 20.2 Å². The lowest BCUT2D eigenvalue weighted by Crippen LogP contribution is -2.30. The highest BCUT2D eigenvalue weighted by molar-refractivity contribution is 9.10. The largest absolute Gasteiger partial charge is 0.497 e. The summed E-state index contributed by atoms with van der Waals surface area (Å²) in [5, 5.41) is 3.56. The normalized spacial score (nSPS) is 23.8. The van der Waals surface area contributed by atoms with Crippen molar-refractivity contribution in [1.82, 2.24) is 5.32 Å². The molecule has 3 atom stereocenters. The first-order chi connectivity index (χ1) is 8.65. The molecule has 1 aliphatic carbocycles. The van der Waals surface area contributed by atoms with Gasteiger partial charge in [0.1, 0.15) is 5.75 Å². The topological polar surface area (TPSA) is 47.3 Å². The Labute approximate surface area is 117 Å². The molecule has 100 valence electrons. The van der Waals surface area contributed by atoms with Crippen LogP contribution in [0.3, 0.4) is 0 Å². The summed E-state index contributed by atoms with van der Waals surface area (Å²) < 4.78 is 6.25. The molecule has 4 heteroatoms. The van der Waals surface area contributed by atoms with Crippen molar-refractivity contribution in [2.45, 2.75) is 19.4 Å². The van der Waals surface area contributed by atoms with E-state index >= 15 is 0 Å². The summed E-state index contributed by atoms with van der Waals surface area (Å²) in [5.74, 6) is 2.56. The minimum Gasteiger partial charge on any atom is -0.497 e. The zero-order valence-corrected chi connectivity index (χ0v) is 12.5. The zero-order valence-electron chi connectivity index (χ0n) is 10.9. The van der Waals surface area contributed by atoms with E-state index in [9.17, 15) is 0 Å². The van der Waals surface area contributed by atoms with Gasteiger partial charge in [0.15, 0.2) is 0 Å². The van der Waals surface area contributed by atoms with Crippen molar-refractivity contribution in [2.24, 2.45) is 17.6 Å². The van der Waals surface area contributed by atoms with Crippen molar-refractivity contribution >= 4 is 15.9 Å². The van der Waals surface area contributed by atoms with E-state index in [-0.39, 0.29) is 6.04 Å². The van der Waals surface area contributed by atoms with Crippen LogP contribution in [-0.2, 0) is 0 Å². The molecule has 0 radical (unpaired) electrons. The lowest BCUT2D eigenvalue weighted by molar-refractivity contribution is 0.414. The minimum atomic E-state index is 0.207. The second-order valence-electron chi connectivity index (χ2n) is 5.06. The van der Waals surface area contributed by atoms with Gasteiger partial charge in [0.25, 0.3) is 0 Å². The number of benzene rings is 1. The molecule has 0 amide bonds. The van der Waals surface area contributed by atoms with Crippen LogP contribution in [-0.4, -0.2) is 20.2 Å². The van der Waals surface area contributed by atoms with E-state index in [0.29, 0.717) is 6.54 Å². The van der Waals surface area contributed by atoms with Gasteiger partial charge in [-0.15, -0.1) is 0 Å². The molecule has 0 spiro atoms. The van der Waals surface area contributed by atoms with Crippen LogP contribution in [0.2, 0.25) is 0 Å². The molecule has 0 bridgehead atoms. The molecular formula is C14H21BrN2O. The smallest absolute Gasteiger partial charge is 0.120 e. The third kappa shape index (κ3) is 3.25. The van der Waals surface area contributed by atoms with Gasteiger partial charge in [0, 0.05) is 17.1 Å². The van der Waals surface area contributed by atoms with E-state index in [0.717, 1.165) is 28.6 Å². The summed E-state index contributed by atoms with van der Waals surface area (Å²) in [6, 6.07) is 6.24. The maximum absolute atomic E-state index is 5.87. The summed E-state index contributed by atoms with van der Waals surface area (Å²) >= 11 is 3.59. The summed E-state index contributed by atoms with van der Waals surface area (Å²) in [5.41, 5.74) is 7.07. The Hall–Kier alpha value is -0.580. The molecule has 1 saturated carbocycles. The molecule has 1 fully saturated rings. The average molecular weight is 313 g/mol. The fourth-order valence-electron chi connectivity index (χ4n) is 2.21. The molecule has 3 N–H and O–H groups in total. The number of rotatable bonds is 6. The number of hydrogen-bond donors (Lipinski definition) is 2. The monoisotopic (exact) mass is 312 g/mol. The van der Waals surface area contributed by atoms with Gasteiger partial charge in [-0.2, -0.15) is 0 Å². The van der Waals surface area contributed by atoms with Crippen LogP contribution in [0.5, 0.6) is 5.75 Å². The van der Waals surface area contributed by atoms with Crippen LogP contribution in [0, 0.1) is 11.8 Å². The van der Waals surface area contributed by atoms with Crippen molar-refractivity contribution in [3.8, 4) is 5.75 Å². The number of halogens is 1. The first kappa shape index (κ1) is 13.8. The van der Waals surface area contributed by atoms with Gasteiger partial charge >= 0.3 is 0 Å². The Bertz CT molecular complexity index is 411. The Morgan fingerprint density at radius 1 is 1.56 bits per heavy atom. The van der Waals surface area contributed by atoms with Crippen LogP contribution in [0.1, 0.15) is 24.9 Å². The van der Waals surface area contributed by atoms with Crippen molar-refractivity contribution in [3.63, 3.8) is 0 Å². The van der Waals surface area contributed by atoms with E-state index in [4.69, 9.17) is 10.5 Å². The van der Waals surface area contributed by atoms with Crippen molar-refractivity contribution in [1.29, 1.82) is 0 Å². The van der Waals surface area contributed by atoms with Crippen LogP contribution in [0.4, 0.5) is 0 Å². The third-order valence-corrected chi connectivity index (χ3v) is 4.41. The Kier molecular flexibility index (Phi) is 4.65. The van der Waals surface area contributed by atoms with Crippen LogP contribution < -0.4 is 15.8 Å². The number of nitrogens with one attached hydrogen (secondary N) is 1. The summed E-state index contributed by atoms with van der Waals surface area (Å²) in [6.45, 7) is 3.96. The lowest BCUT2D eigenvalue weighted by atomic mass is 10.1. The standard InChI is InChI=1S/C14H21BrN2O/c1-9-5-10(9)8-17-14(7-16)12-4-3-11(18-2)6-13(12)15/h3-4,6,9-10,14,17H,5,7-8,16H2,1-2H3. The highest BCUT2D eigenvalue weighted by Crippen LogP contribution is 2.37. The van der Waals surface area contributed by atoms with E-state index < -0.39 is 0 Å². The summed E-state index contributed by atoms with van der Waals surface area (Å²) in [7, 11) is 1.68. The first-order valence-corrected chi connectivity index (χ1v) is 7.22. The molecule has 2 rings (SSSR count). The van der Waals surface area contributed by atoms with Crippen molar-refractivity contribution < 1.29 is 4.74 Å². The summed E-state index contributed by atoms with van der Waals surface area (Å²) in [4.78, 5) is 0. The highest BCUT2D eigenvalue weighted by atomic mass is 79.9. The van der Waals surface area contributed by atoms with Crippen LogP contribution in [0.15, 0.2) is 22.7 Å². The fraction of sp³-hybridized carbons (Fsp3) is 0.571. The van der Waals surface area contributed by atoms with E-state index in [1.165, 1.54) is 12.0 Å². The van der Waals surface area contributed by atoms with Gasteiger partial charge in [-0.25, -0.2) is 0 Å². The lowest BCUT2D eigenvalue weighted by Gasteiger charge is -2.19. The summed E-state index contributed by atoms with van der Waals surface area (Å²) in [6.07, 6.45) is 1.34. The van der Waals surface area contributed by atoms with Gasteiger partial charge in [-0.1, -0.05) is 28.9 Å². The molecule has 0 saturated heterocycles. The maximum atomic E-state index is 5.87. The number of ether oxygens (including phenoxy) is 1. The van der Waals surface area contributed by atoms with Gasteiger partial charge < -0.3 is 15.8 Å². The van der Waals surface area contributed by atoms with Gasteiger partial charge in [-0.05, 0) is 42.5 Å². The quantitative estimate of drug-likeness (QED) is 0.849. The molecule has 3 nitrogen and oxygen atoms in total. The molecule has 1 aromatic rings. The second-order valence-corrected chi connectivity index (χ2v) is 5.91. The molecule has 0 aromatic heterocycles. The first-order valence-electron chi connectivity index (χ1n) is 6.42. The molecule has 3 unspecified atom stereocenters. The molecule has 1 aromatic carbocycles. The molecular weight excluding hydrogens is 292 g/mol. The predicted molar refractivity (Wildman–Crippen MR) is 77.8 cm³/mol. The third-order valence-electron chi connectivity index (χ3n) is 3.72. The van der Waals surface area contributed by atoms with Gasteiger partial charge in [-0.3, -0.25) is 0 Å². The van der Waals surface area contributed by atoms with E-state index in [1.807, 2.05) is 12.1 Å². The molecule has 18 heavy (non-hydrogen) atoms.